The molecular formula is C14H15BrN2O3. The van der Waals surface area contributed by atoms with Gasteiger partial charge in [-0.05, 0) is 47.1 Å². The highest BCUT2D eigenvalue weighted by Gasteiger charge is 2.17. The zero-order chi connectivity index (χ0) is 14.5. The highest BCUT2D eigenvalue weighted by atomic mass is 79.9. The van der Waals surface area contributed by atoms with Crippen LogP contribution >= 0.6 is 15.9 Å². The minimum absolute atomic E-state index is 0.201. The Morgan fingerprint density at radius 1 is 1.50 bits per heavy atom. The molecule has 0 aliphatic carbocycles. The number of aromatic nitrogens is 1. The van der Waals surface area contributed by atoms with Crippen LogP contribution in [0.5, 0.6) is 0 Å². The molecular weight excluding hydrogens is 324 g/mol. The Kier molecular flexibility index (Phi) is 4.92. The van der Waals surface area contributed by atoms with E-state index in [4.69, 9.17) is 4.42 Å². The number of carbonyl (C=O) groups is 1. The summed E-state index contributed by atoms with van der Waals surface area (Å²) < 4.78 is 5.93. The molecule has 0 radical (unpaired) electrons. The Balaban J connectivity index is 1.89. The van der Waals surface area contributed by atoms with E-state index in [0.717, 1.165) is 4.47 Å². The van der Waals surface area contributed by atoms with Crippen molar-refractivity contribution in [3.8, 4) is 0 Å². The van der Waals surface area contributed by atoms with Crippen molar-refractivity contribution in [1.82, 2.24) is 10.3 Å². The van der Waals surface area contributed by atoms with Gasteiger partial charge in [0.1, 0.15) is 17.6 Å². The molecule has 2 aromatic rings. The lowest BCUT2D eigenvalue weighted by Gasteiger charge is -2.16. The molecule has 0 aromatic carbocycles. The van der Waals surface area contributed by atoms with Gasteiger partial charge < -0.3 is 14.8 Å². The maximum atomic E-state index is 11.9. The lowest BCUT2D eigenvalue weighted by Crippen LogP contribution is -2.34. The molecule has 2 heterocycles. The molecule has 6 heteroatoms. The first-order valence-electron chi connectivity index (χ1n) is 6.20. The van der Waals surface area contributed by atoms with Gasteiger partial charge >= 0.3 is 0 Å². The predicted molar refractivity (Wildman–Crippen MR) is 77.2 cm³/mol. The van der Waals surface area contributed by atoms with Crippen LogP contribution in [-0.2, 0) is 0 Å². The van der Waals surface area contributed by atoms with Gasteiger partial charge in [-0.3, -0.25) is 4.79 Å². The zero-order valence-corrected chi connectivity index (χ0v) is 12.5. The summed E-state index contributed by atoms with van der Waals surface area (Å²) in [5.74, 6) is 0.226. The number of nitrogens with zero attached hydrogens (tertiary/aromatic N) is 1. The summed E-state index contributed by atoms with van der Waals surface area (Å²) in [6.07, 6.45) is 2.71. The molecule has 0 fully saturated rings. The SMILES string of the molecule is C[C@@H](C[C@H](O)c1ccco1)NC(=O)c1ccc(Br)cn1. The molecule has 0 unspecified atom stereocenters. The number of pyridine rings is 1. The van der Waals surface area contributed by atoms with Crippen molar-refractivity contribution in [2.75, 3.05) is 0 Å². The number of carbonyl (C=O) groups excluding carboxylic acids is 1. The number of rotatable bonds is 5. The molecule has 0 aliphatic heterocycles. The van der Waals surface area contributed by atoms with Crippen LogP contribution in [0.3, 0.4) is 0 Å². The van der Waals surface area contributed by atoms with Crippen molar-refractivity contribution >= 4 is 21.8 Å². The molecule has 2 atom stereocenters. The second-order valence-electron chi connectivity index (χ2n) is 4.50. The third-order valence-corrected chi connectivity index (χ3v) is 3.26. The Morgan fingerprint density at radius 3 is 2.90 bits per heavy atom. The van der Waals surface area contributed by atoms with Gasteiger partial charge in [-0.2, -0.15) is 0 Å². The van der Waals surface area contributed by atoms with Gasteiger partial charge in [0.15, 0.2) is 0 Å². The molecule has 5 nitrogen and oxygen atoms in total. The largest absolute Gasteiger partial charge is 0.467 e. The maximum absolute atomic E-state index is 11.9. The summed E-state index contributed by atoms with van der Waals surface area (Å²) >= 11 is 3.26. The second-order valence-corrected chi connectivity index (χ2v) is 5.42. The smallest absolute Gasteiger partial charge is 0.270 e. The Hall–Kier alpha value is -1.66. The third kappa shape index (κ3) is 3.91. The first-order chi connectivity index (χ1) is 9.56. The van der Waals surface area contributed by atoms with Gasteiger partial charge in [-0.25, -0.2) is 4.98 Å². The van der Waals surface area contributed by atoms with Crippen molar-refractivity contribution in [1.29, 1.82) is 0 Å². The summed E-state index contributed by atoms with van der Waals surface area (Å²) in [6.45, 7) is 1.82. The van der Waals surface area contributed by atoms with Crippen LogP contribution in [0.4, 0.5) is 0 Å². The number of aliphatic hydroxyl groups is 1. The lowest BCUT2D eigenvalue weighted by molar-refractivity contribution is 0.0898. The average molecular weight is 339 g/mol. The molecule has 20 heavy (non-hydrogen) atoms. The molecule has 2 aromatic heterocycles. The van der Waals surface area contributed by atoms with E-state index in [9.17, 15) is 9.90 Å². The summed E-state index contributed by atoms with van der Waals surface area (Å²) in [5, 5.41) is 12.7. The first kappa shape index (κ1) is 14.7. The van der Waals surface area contributed by atoms with Crippen molar-refractivity contribution in [3.05, 3.63) is 52.7 Å². The van der Waals surface area contributed by atoms with E-state index in [1.165, 1.54) is 6.26 Å². The van der Waals surface area contributed by atoms with Gasteiger partial charge in [0.05, 0.1) is 6.26 Å². The van der Waals surface area contributed by atoms with Crippen LogP contribution in [0, 0.1) is 0 Å². The predicted octanol–water partition coefficient (Wildman–Crippen LogP) is 2.68. The molecule has 0 saturated carbocycles. The fourth-order valence-electron chi connectivity index (χ4n) is 1.80. The number of furan rings is 1. The van der Waals surface area contributed by atoms with Crippen LogP contribution in [0.15, 0.2) is 45.6 Å². The van der Waals surface area contributed by atoms with Crippen molar-refractivity contribution in [2.24, 2.45) is 0 Å². The Labute approximate surface area is 125 Å². The van der Waals surface area contributed by atoms with Crippen molar-refractivity contribution < 1.29 is 14.3 Å². The average Bonchev–Trinajstić information content (AvgIpc) is 2.93. The van der Waals surface area contributed by atoms with Gasteiger partial charge in [-0.15, -0.1) is 0 Å². The van der Waals surface area contributed by atoms with Crippen LogP contribution in [-0.4, -0.2) is 22.0 Å². The number of halogens is 1. The number of aliphatic hydroxyl groups excluding tert-OH is 1. The van der Waals surface area contributed by atoms with Crippen LogP contribution in [0.2, 0.25) is 0 Å². The van der Waals surface area contributed by atoms with Gasteiger partial charge in [0, 0.05) is 23.1 Å². The molecule has 1 amide bonds. The molecule has 106 valence electrons. The van der Waals surface area contributed by atoms with Gasteiger partial charge in [0.25, 0.3) is 5.91 Å². The number of hydrogen-bond acceptors (Lipinski definition) is 4. The monoisotopic (exact) mass is 338 g/mol. The summed E-state index contributed by atoms with van der Waals surface area (Å²) in [4.78, 5) is 16.0. The van der Waals surface area contributed by atoms with Crippen LogP contribution in [0.1, 0.15) is 35.7 Å². The molecule has 0 bridgehead atoms. The van der Waals surface area contributed by atoms with E-state index in [0.29, 0.717) is 17.9 Å². The van der Waals surface area contributed by atoms with Crippen LogP contribution < -0.4 is 5.32 Å². The quantitative estimate of drug-likeness (QED) is 0.878. The van der Waals surface area contributed by atoms with E-state index in [1.807, 2.05) is 6.92 Å². The third-order valence-electron chi connectivity index (χ3n) is 2.79. The molecule has 2 rings (SSSR count). The molecule has 0 saturated heterocycles. The standard InChI is InChI=1S/C14H15BrN2O3/c1-9(7-12(18)13-3-2-6-20-13)17-14(19)11-5-4-10(15)8-16-11/h2-6,8-9,12,18H,7H2,1H3,(H,17,19)/t9-,12-/m0/s1. The topological polar surface area (TPSA) is 75.4 Å². The van der Waals surface area contributed by atoms with E-state index in [-0.39, 0.29) is 11.9 Å². The lowest BCUT2D eigenvalue weighted by atomic mass is 10.1. The summed E-state index contributed by atoms with van der Waals surface area (Å²) in [6, 6.07) is 6.61. The number of amides is 1. The van der Waals surface area contributed by atoms with Crippen molar-refractivity contribution in [2.45, 2.75) is 25.5 Å². The highest BCUT2D eigenvalue weighted by molar-refractivity contribution is 9.10. The molecule has 2 N–H and O–H groups in total. The van der Waals surface area contributed by atoms with E-state index < -0.39 is 6.10 Å². The van der Waals surface area contributed by atoms with E-state index in [2.05, 4.69) is 26.2 Å². The molecule has 0 spiro atoms. The first-order valence-corrected chi connectivity index (χ1v) is 6.99. The van der Waals surface area contributed by atoms with Gasteiger partial charge in [-0.1, -0.05) is 0 Å². The Bertz CT molecular complexity index is 554. The normalized spacial score (nSPS) is 13.8. The summed E-state index contributed by atoms with van der Waals surface area (Å²) in [7, 11) is 0. The Morgan fingerprint density at radius 2 is 2.30 bits per heavy atom. The fraction of sp³-hybridized carbons (Fsp3) is 0.286. The van der Waals surface area contributed by atoms with Crippen molar-refractivity contribution in [3.63, 3.8) is 0 Å². The maximum Gasteiger partial charge on any atom is 0.270 e. The van der Waals surface area contributed by atoms with E-state index >= 15 is 0 Å². The highest BCUT2D eigenvalue weighted by Crippen LogP contribution is 2.18. The minimum atomic E-state index is -0.738. The summed E-state index contributed by atoms with van der Waals surface area (Å²) in [5.41, 5.74) is 0.340. The van der Waals surface area contributed by atoms with E-state index in [1.54, 1.807) is 30.5 Å². The minimum Gasteiger partial charge on any atom is -0.467 e. The number of nitrogens with one attached hydrogen (secondary N) is 1. The fourth-order valence-corrected chi connectivity index (χ4v) is 2.03. The number of hydrogen-bond donors (Lipinski definition) is 2. The van der Waals surface area contributed by atoms with Gasteiger partial charge in [0.2, 0.25) is 0 Å². The second kappa shape index (κ2) is 6.67. The van der Waals surface area contributed by atoms with Crippen LogP contribution in [0.25, 0.3) is 0 Å². The molecule has 0 aliphatic rings. The zero-order valence-electron chi connectivity index (χ0n) is 10.9.